The van der Waals surface area contributed by atoms with Crippen molar-refractivity contribution in [3.05, 3.63) is 88.7 Å². The zero-order valence-electron chi connectivity index (χ0n) is 22.3. The van der Waals surface area contributed by atoms with Gasteiger partial charge in [0, 0.05) is 49.0 Å². The number of amides is 3. The highest BCUT2D eigenvalue weighted by Crippen LogP contribution is 2.47. The lowest BCUT2D eigenvalue weighted by molar-refractivity contribution is -0.122. The summed E-state index contributed by atoms with van der Waals surface area (Å²) in [5, 5.41) is 15.9. The molecule has 0 radical (unpaired) electrons. The van der Waals surface area contributed by atoms with Gasteiger partial charge in [-0.15, -0.1) is 0 Å². The summed E-state index contributed by atoms with van der Waals surface area (Å²) in [6.45, 7) is 7.35. The van der Waals surface area contributed by atoms with Gasteiger partial charge in [-0.25, -0.2) is 4.79 Å². The highest BCUT2D eigenvalue weighted by atomic mass is 16.3. The Bertz CT molecular complexity index is 1330. The molecule has 198 valence electrons. The van der Waals surface area contributed by atoms with Crippen molar-refractivity contribution in [2.24, 2.45) is 5.92 Å². The van der Waals surface area contributed by atoms with Crippen LogP contribution in [0.4, 0.5) is 4.79 Å². The van der Waals surface area contributed by atoms with Gasteiger partial charge in [-0.2, -0.15) is 0 Å². The molecule has 38 heavy (non-hydrogen) atoms. The SMILES string of the molecule is CC(C)(C)NC(=O)N1CCc2c(-c3cncc(CO)c3)ccc(CNC(=O)C3C[C@H]3c3ccccc3)c2C1. The number of pyridine rings is 1. The van der Waals surface area contributed by atoms with Gasteiger partial charge in [-0.1, -0.05) is 42.5 Å². The van der Waals surface area contributed by atoms with Crippen molar-refractivity contribution in [2.75, 3.05) is 6.54 Å². The Morgan fingerprint density at radius 1 is 1.08 bits per heavy atom. The summed E-state index contributed by atoms with van der Waals surface area (Å²) < 4.78 is 0. The minimum absolute atomic E-state index is 0.00820. The average Bonchev–Trinajstić information content (AvgIpc) is 3.72. The monoisotopic (exact) mass is 512 g/mol. The maximum absolute atomic E-state index is 13.0. The minimum Gasteiger partial charge on any atom is -0.392 e. The second-order valence-electron chi connectivity index (χ2n) is 11.4. The quantitative estimate of drug-likeness (QED) is 0.452. The van der Waals surface area contributed by atoms with E-state index >= 15 is 0 Å². The van der Waals surface area contributed by atoms with Crippen molar-refractivity contribution >= 4 is 11.9 Å². The first-order valence-corrected chi connectivity index (χ1v) is 13.3. The van der Waals surface area contributed by atoms with E-state index in [-0.39, 0.29) is 35.9 Å². The molecule has 3 N–H and O–H groups in total. The van der Waals surface area contributed by atoms with Crippen LogP contribution in [0.5, 0.6) is 0 Å². The standard InChI is InChI=1S/C31H36N4O3/c1-31(2,3)34-30(38)35-12-11-25-24(23-13-20(19-36)15-32-16-23)10-9-22(28(25)18-35)17-33-29(37)27-14-26(27)21-7-5-4-6-8-21/h4-10,13,15-16,26-27,36H,11-12,14,17-19H2,1-3H3,(H,33,37)(H,34,38)/t26-,27?/m0/s1. The third kappa shape index (κ3) is 5.73. The molecule has 0 spiro atoms. The van der Waals surface area contributed by atoms with Gasteiger partial charge in [0.05, 0.1) is 6.61 Å². The molecule has 2 aromatic carbocycles. The Morgan fingerprint density at radius 2 is 1.87 bits per heavy atom. The number of carbonyl (C=O) groups excluding carboxylic acids is 2. The molecule has 1 aliphatic heterocycles. The third-order valence-corrected chi connectivity index (χ3v) is 7.37. The number of aliphatic hydroxyl groups excluding tert-OH is 1. The zero-order valence-corrected chi connectivity index (χ0v) is 22.3. The van der Waals surface area contributed by atoms with Crippen LogP contribution in [0.2, 0.25) is 0 Å². The van der Waals surface area contributed by atoms with Crippen LogP contribution >= 0.6 is 0 Å². The van der Waals surface area contributed by atoms with Crippen LogP contribution < -0.4 is 10.6 Å². The fraction of sp³-hybridized carbons (Fsp3) is 0.387. The fourth-order valence-corrected chi connectivity index (χ4v) is 5.34. The van der Waals surface area contributed by atoms with E-state index in [0.717, 1.165) is 34.2 Å². The highest BCUT2D eigenvalue weighted by Gasteiger charge is 2.43. The molecule has 7 heteroatoms. The van der Waals surface area contributed by atoms with E-state index in [2.05, 4.69) is 33.8 Å². The molecule has 1 fully saturated rings. The zero-order chi connectivity index (χ0) is 26.9. The Balaban J connectivity index is 1.38. The predicted octanol–water partition coefficient (Wildman–Crippen LogP) is 4.53. The van der Waals surface area contributed by atoms with Crippen LogP contribution in [0.15, 0.2) is 60.9 Å². The lowest BCUT2D eigenvalue weighted by Crippen LogP contribution is -2.50. The van der Waals surface area contributed by atoms with Crippen molar-refractivity contribution in [1.29, 1.82) is 0 Å². The van der Waals surface area contributed by atoms with Crippen LogP contribution in [-0.4, -0.2) is 39.0 Å². The van der Waals surface area contributed by atoms with E-state index in [1.807, 2.05) is 62.2 Å². The van der Waals surface area contributed by atoms with Crippen molar-refractivity contribution in [3.8, 4) is 11.1 Å². The van der Waals surface area contributed by atoms with Gasteiger partial charge in [0.2, 0.25) is 5.91 Å². The number of hydrogen-bond acceptors (Lipinski definition) is 4. The predicted molar refractivity (Wildman–Crippen MR) is 147 cm³/mol. The summed E-state index contributed by atoms with van der Waals surface area (Å²) in [7, 11) is 0. The fourth-order valence-electron chi connectivity index (χ4n) is 5.34. The summed E-state index contributed by atoms with van der Waals surface area (Å²) in [5.41, 5.74) is 6.91. The van der Waals surface area contributed by atoms with E-state index < -0.39 is 0 Å². The number of nitrogens with one attached hydrogen (secondary N) is 2. The molecule has 5 rings (SSSR count). The second-order valence-corrected chi connectivity index (χ2v) is 11.4. The molecule has 3 aromatic rings. The molecule has 1 saturated carbocycles. The third-order valence-electron chi connectivity index (χ3n) is 7.37. The van der Waals surface area contributed by atoms with Crippen molar-refractivity contribution < 1.29 is 14.7 Å². The van der Waals surface area contributed by atoms with E-state index in [1.165, 1.54) is 11.1 Å². The van der Waals surface area contributed by atoms with Gasteiger partial charge in [0.1, 0.15) is 0 Å². The first kappa shape index (κ1) is 25.9. The van der Waals surface area contributed by atoms with Gasteiger partial charge in [-0.05, 0) is 79.0 Å². The van der Waals surface area contributed by atoms with Crippen LogP contribution in [0.25, 0.3) is 11.1 Å². The normalized spacial score (nSPS) is 18.5. The van der Waals surface area contributed by atoms with E-state index in [0.29, 0.717) is 26.1 Å². The second kappa shape index (κ2) is 10.6. The molecule has 7 nitrogen and oxygen atoms in total. The number of fused-ring (bicyclic) bond motifs is 1. The highest BCUT2D eigenvalue weighted by molar-refractivity contribution is 5.83. The lowest BCUT2D eigenvalue weighted by Gasteiger charge is -2.34. The first-order valence-electron chi connectivity index (χ1n) is 13.3. The Kier molecular flexibility index (Phi) is 7.21. The molecule has 0 saturated heterocycles. The van der Waals surface area contributed by atoms with Gasteiger partial charge in [0.25, 0.3) is 0 Å². The van der Waals surface area contributed by atoms with Crippen LogP contribution in [0.1, 0.15) is 60.9 Å². The maximum atomic E-state index is 13.0. The van der Waals surface area contributed by atoms with Crippen molar-refractivity contribution in [2.45, 2.75) is 64.8 Å². The van der Waals surface area contributed by atoms with E-state index in [4.69, 9.17) is 0 Å². The van der Waals surface area contributed by atoms with Crippen LogP contribution in [-0.2, 0) is 30.9 Å². The smallest absolute Gasteiger partial charge is 0.318 e. The molecule has 2 atom stereocenters. The number of aliphatic hydroxyl groups is 1. The summed E-state index contributed by atoms with van der Waals surface area (Å²) in [6, 6.07) is 16.2. The number of benzene rings is 2. The van der Waals surface area contributed by atoms with Crippen molar-refractivity contribution in [1.82, 2.24) is 20.5 Å². The van der Waals surface area contributed by atoms with Gasteiger partial charge >= 0.3 is 6.03 Å². The first-order chi connectivity index (χ1) is 18.2. The molecular weight excluding hydrogens is 476 g/mol. The van der Waals surface area contributed by atoms with Crippen molar-refractivity contribution in [3.63, 3.8) is 0 Å². The number of carbonyl (C=O) groups is 2. The molecule has 0 bridgehead atoms. The number of rotatable bonds is 6. The molecule has 2 heterocycles. The molecule has 3 amide bonds. The van der Waals surface area contributed by atoms with Crippen LogP contribution in [0.3, 0.4) is 0 Å². The lowest BCUT2D eigenvalue weighted by atomic mass is 9.87. The summed E-state index contributed by atoms with van der Waals surface area (Å²) >= 11 is 0. The molecular formula is C31H36N4O3. The maximum Gasteiger partial charge on any atom is 0.318 e. The topological polar surface area (TPSA) is 94.6 Å². The number of nitrogens with zero attached hydrogens (tertiary/aromatic N) is 2. The largest absolute Gasteiger partial charge is 0.392 e. The number of aromatic nitrogens is 1. The number of hydrogen-bond donors (Lipinski definition) is 3. The average molecular weight is 513 g/mol. The summed E-state index contributed by atoms with van der Waals surface area (Å²) in [4.78, 5) is 32.2. The molecule has 1 aromatic heterocycles. The summed E-state index contributed by atoms with van der Waals surface area (Å²) in [5.74, 6) is 0.374. The van der Waals surface area contributed by atoms with Gasteiger partial charge in [0.15, 0.2) is 0 Å². The Labute approximate surface area is 224 Å². The minimum atomic E-state index is -0.327. The van der Waals surface area contributed by atoms with Crippen LogP contribution in [0, 0.1) is 5.92 Å². The van der Waals surface area contributed by atoms with Gasteiger partial charge in [-0.3, -0.25) is 9.78 Å². The molecule has 1 unspecified atom stereocenters. The van der Waals surface area contributed by atoms with E-state index in [9.17, 15) is 14.7 Å². The summed E-state index contributed by atoms with van der Waals surface area (Å²) in [6.07, 6.45) is 5.05. The number of urea groups is 1. The molecule has 1 aliphatic carbocycles. The Hall–Kier alpha value is -3.71. The van der Waals surface area contributed by atoms with E-state index in [1.54, 1.807) is 6.20 Å². The van der Waals surface area contributed by atoms with Gasteiger partial charge < -0.3 is 20.6 Å². The Morgan fingerprint density at radius 3 is 2.61 bits per heavy atom. The molecule has 2 aliphatic rings.